The van der Waals surface area contributed by atoms with Crippen LogP contribution in [0.1, 0.15) is 50.7 Å². The summed E-state index contributed by atoms with van der Waals surface area (Å²) in [6, 6.07) is 0. The number of nitrogens with zero attached hydrogens (tertiary/aromatic N) is 2. The number of esters is 1. The van der Waals surface area contributed by atoms with Crippen LogP contribution in [0.3, 0.4) is 0 Å². The van der Waals surface area contributed by atoms with Crippen molar-refractivity contribution in [3.05, 3.63) is 33.8 Å². The molecule has 1 saturated heterocycles. The van der Waals surface area contributed by atoms with Gasteiger partial charge in [0.15, 0.2) is 5.76 Å². The molecule has 8 heteroatoms. The lowest BCUT2D eigenvalue weighted by Gasteiger charge is -2.27. The van der Waals surface area contributed by atoms with Crippen LogP contribution in [0, 0.1) is 6.92 Å². The van der Waals surface area contributed by atoms with Crippen molar-refractivity contribution in [1.29, 1.82) is 0 Å². The first-order valence-corrected chi connectivity index (χ1v) is 9.46. The van der Waals surface area contributed by atoms with Gasteiger partial charge in [0.1, 0.15) is 5.69 Å². The molecule has 152 valence electrons. The van der Waals surface area contributed by atoms with Gasteiger partial charge in [-0.2, -0.15) is 0 Å². The van der Waals surface area contributed by atoms with Crippen LogP contribution >= 0.6 is 0 Å². The summed E-state index contributed by atoms with van der Waals surface area (Å²) in [7, 11) is 1.35. The number of hydrogen-bond donors (Lipinski definition) is 0. The summed E-state index contributed by atoms with van der Waals surface area (Å²) in [5.41, 5.74) is 1.30. The Bertz CT molecular complexity index is 845. The molecular formula is C20H26N2O6. The van der Waals surface area contributed by atoms with Gasteiger partial charge in [-0.15, -0.1) is 0 Å². The summed E-state index contributed by atoms with van der Waals surface area (Å²) in [5.74, 6) is -1.37. The Morgan fingerprint density at radius 3 is 2.39 bits per heavy atom. The van der Waals surface area contributed by atoms with E-state index in [2.05, 4.69) is 4.90 Å². The zero-order valence-corrected chi connectivity index (χ0v) is 16.8. The smallest absolute Gasteiger partial charge is 0.340 e. The number of aromatic nitrogens is 1. The van der Waals surface area contributed by atoms with Crippen LogP contribution < -0.4 is 0 Å². The number of ketones is 2. The van der Waals surface area contributed by atoms with E-state index in [4.69, 9.17) is 14.2 Å². The molecule has 2 heterocycles. The lowest BCUT2D eigenvalue weighted by atomic mass is 9.91. The molecule has 0 radical (unpaired) electrons. The number of hydrogen-bond acceptors (Lipinski definition) is 7. The van der Waals surface area contributed by atoms with E-state index in [-0.39, 0.29) is 40.5 Å². The van der Waals surface area contributed by atoms with E-state index in [9.17, 15) is 14.4 Å². The molecule has 0 amide bonds. The third kappa shape index (κ3) is 3.38. The monoisotopic (exact) mass is 390 g/mol. The number of methoxy groups -OCH3 is 1. The van der Waals surface area contributed by atoms with Crippen molar-refractivity contribution in [3.8, 4) is 0 Å². The zero-order chi connectivity index (χ0) is 20.4. The highest BCUT2D eigenvalue weighted by molar-refractivity contribution is 6.28. The molecule has 1 aromatic heterocycles. The Balaban J connectivity index is 2.07. The Kier molecular flexibility index (Phi) is 6.00. The van der Waals surface area contributed by atoms with Gasteiger partial charge in [-0.05, 0) is 20.8 Å². The van der Waals surface area contributed by atoms with Gasteiger partial charge in [0.05, 0.1) is 38.1 Å². The van der Waals surface area contributed by atoms with Gasteiger partial charge in [0, 0.05) is 37.4 Å². The van der Waals surface area contributed by atoms with Crippen LogP contribution in [0.5, 0.6) is 0 Å². The van der Waals surface area contributed by atoms with Crippen LogP contribution in [-0.4, -0.2) is 73.6 Å². The van der Waals surface area contributed by atoms with Crippen LogP contribution in [0.4, 0.5) is 0 Å². The van der Waals surface area contributed by atoms with Gasteiger partial charge >= 0.3 is 5.97 Å². The number of rotatable bonds is 6. The first kappa shape index (κ1) is 20.3. The van der Waals surface area contributed by atoms with E-state index in [0.29, 0.717) is 32.0 Å². The molecule has 0 aromatic carbocycles. The number of Topliss-reactive ketones (excluding diaryl/α,β-unsaturated/α-hetero) is 2. The minimum absolute atomic E-state index is 0.0200. The van der Waals surface area contributed by atoms with Gasteiger partial charge in [0.25, 0.3) is 0 Å². The molecule has 8 nitrogen and oxygen atoms in total. The standard InChI is InChI=1S/C20H26N2O6/c1-5-28-20(25)14-13(3)22(7-6-21-8-10-27-11-9-21)16-15(14)18(24)19(26-4)12(2)17(16)23/h5-11H2,1-4H3. The van der Waals surface area contributed by atoms with Crippen molar-refractivity contribution < 1.29 is 28.6 Å². The molecule has 1 aromatic rings. The summed E-state index contributed by atoms with van der Waals surface area (Å²) in [4.78, 5) is 40.9. The molecule has 28 heavy (non-hydrogen) atoms. The minimum Gasteiger partial charge on any atom is -0.492 e. The second-order valence-corrected chi connectivity index (χ2v) is 6.83. The van der Waals surface area contributed by atoms with Gasteiger partial charge in [0.2, 0.25) is 11.6 Å². The van der Waals surface area contributed by atoms with Crippen LogP contribution in [0.25, 0.3) is 0 Å². The van der Waals surface area contributed by atoms with E-state index in [1.165, 1.54) is 7.11 Å². The Hall–Kier alpha value is -2.45. The number of carbonyl (C=O) groups is 3. The summed E-state index contributed by atoms with van der Waals surface area (Å²) in [6.07, 6.45) is 0. The van der Waals surface area contributed by atoms with Crippen LogP contribution in [0.2, 0.25) is 0 Å². The molecule has 3 rings (SSSR count). The fourth-order valence-electron chi connectivity index (χ4n) is 3.80. The molecular weight excluding hydrogens is 364 g/mol. The van der Waals surface area contributed by atoms with Crippen molar-refractivity contribution >= 4 is 17.5 Å². The third-order valence-corrected chi connectivity index (χ3v) is 5.28. The molecule has 0 bridgehead atoms. The average molecular weight is 390 g/mol. The van der Waals surface area contributed by atoms with Crippen molar-refractivity contribution in [2.75, 3.05) is 46.6 Å². The molecule has 1 aliphatic heterocycles. The maximum absolute atomic E-state index is 13.1. The molecule has 0 N–H and O–H groups in total. The third-order valence-electron chi connectivity index (χ3n) is 5.28. The topological polar surface area (TPSA) is 87.1 Å². The first-order chi connectivity index (χ1) is 13.4. The second kappa shape index (κ2) is 8.28. The maximum Gasteiger partial charge on any atom is 0.340 e. The predicted octanol–water partition coefficient (Wildman–Crippen LogP) is 1.60. The average Bonchev–Trinajstić information content (AvgIpc) is 2.99. The number of carbonyl (C=O) groups excluding carboxylic acids is 3. The quantitative estimate of drug-likeness (QED) is 0.682. The van der Waals surface area contributed by atoms with Crippen molar-refractivity contribution in [1.82, 2.24) is 9.47 Å². The molecule has 1 fully saturated rings. The van der Waals surface area contributed by atoms with Gasteiger partial charge in [-0.3, -0.25) is 14.5 Å². The second-order valence-electron chi connectivity index (χ2n) is 6.83. The van der Waals surface area contributed by atoms with Gasteiger partial charge < -0.3 is 18.8 Å². The highest BCUT2D eigenvalue weighted by Crippen LogP contribution is 2.33. The lowest BCUT2D eigenvalue weighted by molar-refractivity contribution is 0.0362. The van der Waals surface area contributed by atoms with E-state index >= 15 is 0 Å². The van der Waals surface area contributed by atoms with Crippen molar-refractivity contribution in [2.45, 2.75) is 27.3 Å². The summed E-state index contributed by atoms with van der Waals surface area (Å²) in [5, 5.41) is 0. The molecule has 0 atom stereocenters. The molecule has 1 aliphatic carbocycles. The SMILES string of the molecule is CCOC(=O)c1c2c(n(CCN3CCOCC3)c1C)C(=O)C(C)=C(OC)C2=O. The fraction of sp³-hybridized carbons (Fsp3) is 0.550. The van der Waals surface area contributed by atoms with Crippen LogP contribution in [-0.2, 0) is 20.8 Å². The van der Waals surface area contributed by atoms with Crippen molar-refractivity contribution in [2.24, 2.45) is 0 Å². The van der Waals surface area contributed by atoms with E-state index in [1.807, 2.05) is 0 Å². The minimum atomic E-state index is -0.600. The number of fused-ring (bicyclic) bond motifs is 1. The number of ether oxygens (including phenoxy) is 3. The molecule has 0 unspecified atom stereocenters. The normalized spacial score (nSPS) is 17.7. The van der Waals surface area contributed by atoms with Gasteiger partial charge in [-0.25, -0.2) is 4.79 Å². The summed E-state index contributed by atoms with van der Waals surface area (Å²) >= 11 is 0. The van der Waals surface area contributed by atoms with E-state index in [0.717, 1.165) is 13.1 Å². The van der Waals surface area contributed by atoms with Gasteiger partial charge in [-0.1, -0.05) is 0 Å². The molecule has 0 spiro atoms. The summed E-state index contributed by atoms with van der Waals surface area (Å²) in [6.45, 7) is 9.34. The predicted molar refractivity (Wildman–Crippen MR) is 101 cm³/mol. The Labute approximate surface area is 164 Å². The van der Waals surface area contributed by atoms with Crippen molar-refractivity contribution in [3.63, 3.8) is 0 Å². The Morgan fingerprint density at radius 1 is 1.11 bits per heavy atom. The fourth-order valence-corrected chi connectivity index (χ4v) is 3.80. The highest BCUT2D eigenvalue weighted by atomic mass is 16.5. The number of allylic oxidation sites excluding steroid dienone is 2. The first-order valence-electron chi connectivity index (χ1n) is 9.46. The molecule has 0 saturated carbocycles. The van der Waals surface area contributed by atoms with Crippen LogP contribution in [0.15, 0.2) is 11.3 Å². The largest absolute Gasteiger partial charge is 0.492 e. The highest BCUT2D eigenvalue weighted by Gasteiger charge is 2.40. The Morgan fingerprint density at radius 2 is 1.79 bits per heavy atom. The van der Waals surface area contributed by atoms with E-state index in [1.54, 1.807) is 25.3 Å². The number of morpholine rings is 1. The molecule has 2 aliphatic rings. The zero-order valence-electron chi connectivity index (χ0n) is 16.8. The maximum atomic E-state index is 13.1. The lowest BCUT2D eigenvalue weighted by Crippen LogP contribution is -2.38. The summed E-state index contributed by atoms with van der Waals surface area (Å²) < 4.78 is 17.5. The van der Waals surface area contributed by atoms with E-state index < -0.39 is 11.8 Å².